The van der Waals surface area contributed by atoms with Crippen molar-refractivity contribution < 1.29 is 9.53 Å². The fraction of sp³-hybridized carbons (Fsp3) is 0.500. The van der Waals surface area contributed by atoms with Gasteiger partial charge in [0.1, 0.15) is 5.82 Å². The molecule has 1 atom stereocenters. The number of hydrogen-bond acceptors (Lipinski definition) is 5. The predicted molar refractivity (Wildman–Crippen MR) is 93.6 cm³/mol. The first-order chi connectivity index (χ1) is 12.1. The third-order valence-corrected chi connectivity index (χ3v) is 4.39. The number of amides is 1. The van der Waals surface area contributed by atoms with E-state index in [1.807, 2.05) is 55.3 Å². The van der Waals surface area contributed by atoms with E-state index in [1.165, 1.54) is 0 Å². The smallest absolute Gasteiger partial charge is 0.237 e. The van der Waals surface area contributed by atoms with Crippen LogP contribution in [0.3, 0.4) is 0 Å². The van der Waals surface area contributed by atoms with Crippen molar-refractivity contribution in [3.05, 3.63) is 47.8 Å². The Bertz CT molecular complexity index is 714. The molecule has 0 radical (unpaired) electrons. The topological polar surface area (TPSA) is 63.5 Å². The lowest BCUT2D eigenvalue weighted by Gasteiger charge is -2.35. The fourth-order valence-electron chi connectivity index (χ4n) is 3.13. The largest absolute Gasteiger partial charge is 0.370 e. The molecule has 0 spiro atoms. The number of aromatic nitrogens is 3. The summed E-state index contributed by atoms with van der Waals surface area (Å²) in [6, 6.07) is 3.88. The number of fused-ring (bicyclic) bond motifs is 1. The van der Waals surface area contributed by atoms with E-state index in [1.54, 1.807) is 6.20 Å². The quantitative estimate of drug-likeness (QED) is 0.795. The van der Waals surface area contributed by atoms with Crippen molar-refractivity contribution in [1.82, 2.24) is 24.3 Å². The summed E-state index contributed by atoms with van der Waals surface area (Å²) in [6.45, 7) is 4.94. The predicted octanol–water partition coefficient (Wildman–Crippen LogP) is 1.46. The molecular formula is C18H25N5O2. The molecular weight excluding hydrogens is 318 g/mol. The van der Waals surface area contributed by atoms with E-state index in [0.29, 0.717) is 26.3 Å². The third-order valence-electron chi connectivity index (χ3n) is 4.39. The zero-order chi connectivity index (χ0) is 17.8. The summed E-state index contributed by atoms with van der Waals surface area (Å²) in [5.74, 6) is 1.07. The van der Waals surface area contributed by atoms with Gasteiger partial charge in [0.15, 0.2) is 0 Å². The molecule has 0 aromatic carbocycles. The Morgan fingerprint density at radius 2 is 2.16 bits per heavy atom. The Hall–Kier alpha value is -2.25. The van der Waals surface area contributed by atoms with Crippen molar-refractivity contribution in [3.8, 4) is 0 Å². The molecule has 0 N–H and O–H groups in total. The van der Waals surface area contributed by atoms with E-state index in [2.05, 4.69) is 14.5 Å². The molecule has 3 rings (SSSR count). The Kier molecular flexibility index (Phi) is 5.45. The Morgan fingerprint density at radius 1 is 1.32 bits per heavy atom. The molecule has 7 heteroatoms. The van der Waals surface area contributed by atoms with Crippen LogP contribution in [0.4, 0.5) is 0 Å². The van der Waals surface area contributed by atoms with E-state index in [4.69, 9.17) is 4.74 Å². The number of nitrogens with zero attached hydrogens (tertiary/aromatic N) is 5. The Labute approximate surface area is 148 Å². The molecule has 1 amide bonds. The van der Waals surface area contributed by atoms with Crippen LogP contribution >= 0.6 is 0 Å². The van der Waals surface area contributed by atoms with Crippen LogP contribution in [0.1, 0.15) is 30.0 Å². The minimum atomic E-state index is -0.0201. The molecule has 0 fully saturated rings. The van der Waals surface area contributed by atoms with Gasteiger partial charge in [0.05, 0.1) is 37.7 Å². The SMILES string of the molecule is C[C@H]1c2ncc(COCc3cccnc3)n2CCN1C(=O)CN(C)C. The van der Waals surface area contributed by atoms with Crippen LogP contribution < -0.4 is 0 Å². The average Bonchev–Trinajstić information content (AvgIpc) is 2.99. The second-order valence-electron chi connectivity index (χ2n) is 6.61. The summed E-state index contributed by atoms with van der Waals surface area (Å²) < 4.78 is 7.98. The second kappa shape index (κ2) is 7.76. The maximum atomic E-state index is 12.4. The van der Waals surface area contributed by atoms with Crippen LogP contribution in [0.5, 0.6) is 0 Å². The van der Waals surface area contributed by atoms with Crippen molar-refractivity contribution in [2.45, 2.75) is 32.7 Å². The summed E-state index contributed by atoms with van der Waals surface area (Å²) in [4.78, 5) is 24.8. The van der Waals surface area contributed by atoms with Crippen molar-refractivity contribution in [2.75, 3.05) is 27.2 Å². The fourth-order valence-corrected chi connectivity index (χ4v) is 3.13. The number of pyridine rings is 1. The van der Waals surface area contributed by atoms with Gasteiger partial charge in [-0.25, -0.2) is 4.98 Å². The van der Waals surface area contributed by atoms with Crippen LogP contribution in [-0.4, -0.2) is 57.4 Å². The first-order valence-electron chi connectivity index (χ1n) is 8.51. The number of carbonyl (C=O) groups excluding carboxylic acids is 1. The van der Waals surface area contributed by atoms with Gasteiger partial charge in [0, 0.05) is 25.5 Å². The zero-order valence-corrected chi connectivity index (χ0v) is 15.1. The molecule has 134 valence electrons. The van der Waals surface area contributed by atoms with Crippen LogP contribution in [-0.2, 0) is 29.3 Å². The summed E-state index contributed by atoms with van der Waals surface area (Å²) in [5, 5.41) is 0. The van der Waals surface area contributed by atoms with Crippen LogP contribution in [0, 0.1) is 0 Å². The van der Waals surface area contributed by atoms with Crippen LogP contribution in [0.25, 0.3) is 0 Å². The number of rotatable bonds is 6. The molecule has 2 aromatic heterocycles. The molecule has 0 saturated heterocycles. The lowest BCUT2D eigenvalue weighted by Crippen LogP contribution is -2.45. The van der Waals surface area contributed by atoms with Crippen molar-refractivity contribution in [2.24, 2.45) is 0 Å². The first kappa shape index (κ1) is 17.6. The van der Waals surface area contributed by atoms with E-state index in [-0.39, 0.29) is 11.9 Å². The third kappa shape index (κ3) is 4.05. The van der Waals surface area contributed by atoms with Gasteiger partial charge >= 0.3 is 0 Å². The van der Waals surface area contributed by atoms with Gasteiger partial charge in [0.2, 0.25) is 5.91 Å². The molecule has 1 aliphatic heterocycles. The Balaban J connectivity index is 1.62. The number of ether oxygens (including phenoxy) is 1. The van der Waals surface area contributed by atoms with Gasteiger partial charge in [-0.3, -0.25) is 9.78 Å². The number of likely N-dealkylation sites (N-methyl/N-ethyl adjacent to an activating group) is 1. The second-order valence-corrected chi connectivity index (χ2v) is 6.61. The molecule has 0 unspecified atom stereocenters. The molecule has 1 aliphatic rings. The maximum Gasteiger partial charge on any atom is 0.237 e. The van der Waals surface area contributed by atoms with Gasteiger partial charge in [-0.2, -0.15) is 0 Å². The molecule has 0 saturated carbocycles. The molecule has 7 nitrogen and oxygen atoms in total. The van der Waals surface area contributed by atoms with Crippen molar-refractivity contribution >= 4 is 5.91 Å². The van der Waals surface area contributed by atoms with Gasteiger partial charge in [0.25, 0.3) is 0 Å². The highest BCUT2D eigenvalue weighted by atomic mass is 16.5. The maximum absolute atomic E-state index is 12.4. The zero-order valence-electron chi connectivity index (χ0n) is 15.1. The van der Waals surface area contributed by atoms with E-state index in [0.717, 1.165) is 23.6 Å². The minimum absolute atomic E-state index is 0.0201. The molecule has 0 bridgehead atoms. The number of imidazole rings is 1. The lowest BCUT2D eigenvalue weighted by atomic mass is 10.2. The van der Waals surface area contributed by atoms with E-state index < -0.39 is 0 Å². The summed E-state index contributed by atoms with van der Waals surface area (Å²) >= 11 is 0. The van der Waals surface area contributed by atoms with Crippen LogP contribution in [0.2, 0.25) is 0 Å². The highest BCUT2D eigenvalue weighted by Crippen LogP contribution is 2.25. The van der Waals surface area contributed by atoms with Gasteiger partial charge < -0.3 is 19.1 Å². The first-order valence-corrected chi connectivity index (χ1v) is 8.51. The molecule has 3 heterocycles. The van der Waals surface area contributed by atoms with E-state index >= 15 is 0 Å². The summed E-state index contributed by atoms with van der Waals surface area (Å²) in [5.41, 5.74) is 2.10. The van der Waals surface area contributed by atoms with Gasteiger partial charge in [-0.1, -0.05) is 6.07 Å². The van der Waals surface area contributed by atoms with Gasteiger partial charge in [-0.15, -0.1) is 0 Å². The average molecular weight is 343 g/mol. The summed E-state index contributed by atoms with van der Waals surface area (Å²) in [7, 11) is 3.82. The molecule has 0 aliphatic carbocycles. The lowest BCUT2D eigenvalue weighted by molar-refractivity contribution is -0.135. The summed E-state index contributed by atoms with van der Waals surface area (Å²) in [6.07, 6.45) is 5.42. The highest BCUT2D eigenvalue weighted by molar-refractivity contribution is 5.78. The minimum Gasteiger partial charge on any atom is -0.370 e. The Morgan fingerprint density at radius 3 is 2.88 bits per heavy atom. The van der Waals surface area contributed by atoms with Crippen molar-refractivity contribution in [3.63, 3.8) is 0 Å². The standard InChI is InChI=1S/C18H25N5O2/c1-14-18-20-10-16(13-25-12-15-5-4-6-19-9-15)23(18)8-7-22(14)17(24)11-21(2)3/h4-6,9-10,14H,7-8,11-13H2,1-3H3/t14-/m0/s1. The number of carbonyl (C=O) groups is 1. The molecule has 2 aromatic rings. The van der Waals surface area contributed by atoms with E-state index in [9.17, 15) is 4.79 Å². The normalized spacial score (nSPS) is 17.0. The van der Waals surface area contributed by atoms with Crippen LogP contribution in [0.15, 0.2) is 30.7 Å². The number of hydrogen-bond donors (Lipinski definition) is 0. The van der Waals surface area contributed by atoms with Gasteiger partial charge in [-0.05, 0) is 32.6 Å². The molecule has 25 heavy (non-hydrogen) atoms. The van der Waals surface area contributed by atoms with Crippen molar-refractivity contribution in [1.29, 1.82) is 0 Å². The monoisotopic (exact) mass is 343 g/mol. The highest BCUT2D eigenvalue weighted by Gasteiger charge is 2.30.